The lowest BCUT2D eigenvalue weighted by Crippen LogP contribution is -2.36. The quantitative estimate of drug-likeness (QED) is 0.514. The Labute approximate surface area is 173 Å². The molecule has 5 rings (SSSR count). The summed E-state index contributed by atoms with van der Waals surface area (Å²) in [7, 11) is 0. The molecule has 150 valence electrons. The van der Waals surface area contributed by atoms with Crippen LogP contribution in [0.15, 0.2) is 36.8 Å². The third-order valence-electron chi connectivity index (χ3n) is 5.76. The van der Waals surface area contributed by atoms with Crippen LogP contribution in [0, 0.1) is 0 Å². The number of aromatic nitrogens is 4. The average Bonchev–Trinajstić information content (AvgIpc) is 3.32. The molecule has 1 fully saturated rings. The van der Waals surface area contributed by atoms with Gasteiger partial charge in [-0.1, -0.05) is 37.2 Å². The van der Waals surface area contributed by atoms with Crippen LogP contribution in [-0.2, 0) is 13.0 Å². The molecule has 0 saturated heterocycles. The zero-order valence-corrected chi connectivity index (χ0v) is 17.3. The molecular formula is C22H25N5OS. The Kier molecular flexibility index (Phi) is 4.93. The number of hydrogen-bond donors (Lipinski definition) is 2. The summed E-state index contributed by atoms with van der Waals surface area (Å²) < 4.78 is 3.25. The lowest BCUT2D eigenvalue weighted by Gasteiger charge is -2.27. The Hall–Kier alpha value is -2.51. The highest BCUT2D eigenvalue weighted by molar-refractivity contribution is 7.22. The zero-order valence-electron chi connectivity index (χ0n) is 16.5. The molecule has 1 aromatic carbocycles. The number of rotatable bonds is 5. The van der Waals surface area contributed by atoms with Crippen LogP contribution >= 0.6 is 11.3 Å². The summed E-state index contributed by atoms with van der Waals surface area (Å²) >= 11 is 1.65. The monoisotopic (exact) mass is 407 g/mol. The molecule has 3 heterocycles. The molecule has 0 unspecified atom stereocenters. The highest BCUT2D eigenvalue weighted by Crippen LogP contribution is 2.30. The molecule has 0 spiro atoms. The number of pyridine rings is 1. The molecule has 0 aliphatic heterocycles. The Balaban J connectivity index is 1.37. The number of anilines is 1. The number of fused-ring (bicyclic) bond motifs is 2. The summed E-state index contributed by atoms with van der Waals surface area (Å²) in [6.45, 7) is 2.86. The molecule has 6 nitrogen and oxygen atoms in total. The van der Waals surface area contributed by atoms with E-state index >= 15 is 0 Å². The first-order valence-electron chi connectivity index (χ1n) is 10.3. The molecular weight excluding hydrogens is 382 g/mol. The van der Waals surface area contributed by atoms with Gasteiger partial charge in [0, 0.05) is 6.20 Å². The van der Waals surface area contributed by atoms with Crippen molar-refractivity contribution >= 4 is 37.8 Å². The molecule has 2 N–H and O–H groups in total. The van der Waals surface area contributed by atoms with Crippen LogP contribution in [0.5, 0.6) is 0 Å². The predicted molar refractivity (Wildman–Crippen MR) is 118 cm³/mol. The van der Waals surface area contributed by atoms with Crippen LogP contribution in [0.4, 0.5) is 5.13 Å². The third kappa shape index (κ3) is 3.72. The minimum absolute atomic E-state index is 0.111. The molecule has 4 aromatic rings. The van der Waals surface area contributed by atoms with Crippen molar-refractivity contribution in [1.82, 2.24) is 19.5 Å². The highest BCUT2D eigenvalue weighted by Gasteiger charge is 2.23. The average molecular weight is 408 g/mol. The fourth-order valence-electron chi connectivity index (χ4n) is 4.06. The first kappa shape index (κ1) is 18.5. The van der Waals surface area contributed by atoms with E-state index in [1.807, 2.05) is 12.5 Å². The lowest BCUT2D eigenvalue weighted by atomic mass is 9.93. The van der Waals surface area contributed by atoms with Gasteiger partial charge in [-0.15, -0.1) is 0 Å². The van der Waals surface area contributed by atoms with Gasteiger partial charge in [-0.25, -0.2) is 15.0 Å². The smallest absolute Gasteiger partial charge is 0.184 e. The summed E-state index contributed by atoms with van der Waals surface area (Å²) in [4.78, 5) is 13.8. The number of aliphatic hydroxyl groups is 1. The molecule has 29 heavy (non-hydrogen) atoms. The molecule has 2 atom stereocenters. The van der Waals surface area contributed by atoms with Gasteiger partial charge in [-0.3, -0.25) is 0 Å². The maximum atomic E-state index is 10.2. The van der Waals surface area contributed by atoms with E-state index in [0.717, 1.165) is 65.2 Å². The van der Waals surface area contributed by atoms with Crippen molar-refractivity contribution in [2.24, 2.45) is 0 Å². The molecule has 0 bridgehead atoms. The Morgan fingerprint density at radius 3 is 2.90 bits per heavy atom. The van der Waals surface area contributed by atoms with E-state index < -0.39 is 0 Å². The van der Waals surface area contributed by atoms with Gasteiger partial charge < -0.3 is 15.0 Å². The maximum Gasteiger partial charge on any atom is 0.184 e. The van der Waals surface area contributed by atoms with Crippen molar-refractivity contribution in [3.8, 4) is 0 Å². The van der Waals surface area contributed by atoms with E-state index in [1.165, 1.54) is 11.1 Å². The second-order valence-corrected chi connectivity index (χ2v) is 8.87. The van der Waals surface area contributed by atoms with E-state index in [2.05, 4.69) is 51.0 Å². The molecule has 0 radical (unpaired) electrons. The third-order valence-corrected chi connectivity index (χ3v) is 6.71. The first-order valence-corrected chi connectivity index (χ1v) is 11.1. The fourth-order valence-corrected chi connectivity index (χ4v) is 5.05. The summed E-state index contributed by atoms with van der Waals surface area (Å²) in [5, 5.41) is 14.6. The number of benzene rings is 1. The number of aryl methyl sites for hydroxylation is 1. The predicted octanol–water partition coefficient (Wildman–Crippen LogP) is 4.37. The summed E-state index contributed by atoms with van der Waals surface area (Å²) in [6.07, 6.45) is 8.64. The van der Waals surface area contributed by atoms with Gasteiger partial charge >= 0.3 is 0 Å². The highest BCUT2D eigenvalue weighted by atomic mass is 32.1. The van der Waals surface area contributed by atoms with Crippen molar-refractivity contribution in [2.75, 3.05) is 5.32 Å². The first-order chi connectivity index (χ1) is 14.2. The normalized spacial score (nSPS) is 19.8. The Bertz CT molecular complexity index is 1150. The standard InChI is InChI=1S/C22H25N5OS/c1-2-14-9-18-21(23-11-14)27(13-24-18)12-15-7-8-17-20(10-15)29-22(26-17)25-16-5-3-4-6-19(16)28/h7-11,13,16,19,28H,2-6,12H2,1H3,(H,25,26)/t16-,19-/m1/s1. The van der Waals surface area contributed by atoms with Crippen LogP contribution in [0.1, 0.15) is 43.7 Å². The number of aliphatic hydroxyl groups excluding tert-OH is 1. The minimum Gasteiger partial charge on any atom is -0.391 e. The second kappa shape index (κ2) is 7.72. The number of nitrogens with zero attached hydrogens (tertiary/aromatic N) is 4. The summed E-state index contributed by atoms with van der Waals surface area (Å²) in [5.41, 5.74) is 5.26. The SMILES string of the molecule is CCc1cnc2c(c1)ncn2Cc1ccc2nc(N[C@@H]3CCCC[C@H]3O)sc2c1. The summed E-state index contributed by atoms with van der Waals surface area (Å²) in [6, 6.07) is 8.61. The molecule has 1 aliphatic rings. The van der Waals surface area contributed by atoms with Crippen LogP contribution in [0.2, 0.25) is 0 Å². The minimum atomic E-state index is -0.276. The van der Waals surface area contributed by atoms with E-state index in [9.17, 15) is 5.11 Å². The van der Waals surface area contributed by atoms with E-state index in [1.54, 1.807) is 11.3 Å². The van der Waals surface area contributed by atoms with Crippen molar-refractivity contribution in [1.29, 1.82) is 0 Å². The van der Waals surface area contributed by atoms with Gasteiger partial charge in [0.2, 0.25) is 0 Å². The molecule has 1 aliphatic carbocycles. The van der Waals surface area contributed by atoms with Crippen molar-refractivity contribution in [3.05, 3.63) is 47.9 Å². The van der Waals surface area contributed by atoms with Crippen LogP contribution in [0.25, 0.3) is 21.4 Å². The van der Waals surface area contributed by atoms with Crippen LogP contribution in [0.3, 0.4) is 0 Å². The largest absolute Gasteiger partial charge is 0.391 e. The van der Waals surface area contributed by atoms with Crippen molar-refractivity contribution in [2.45, 2.75) is 57.7 Å². The van der Waals surface area contributed by atoms with Crippen molar-refractivity contribution in [3.63, 3.8) is 0 Å². The second-order valence-electron chi connectivity index (χ2n) is 7.84. The number of hydrogen-bond acceptors (Lipinski definition) is 6. The van der Waals surface area contributed by atoms with Gasteiger partial charge in [0.05, 0.1) is 35.2 Å². The van der Waals surface area contributed by atoms with Gasteiger partial charge in [-0.2, -0.15) is 0 Å². The maximum absolute atomic E-state index is 10.2. The number of imidazole rings is 1. The molecule has 0 amide bonds. The topological polar surface area (TPSA) is 75.9 Å². The molecule has 7 heteroatoms. The molecule has 3 aromatic heterocycles. The van der Waals surface area contributed by atoms with Crippen LogP contribution < -0.4 is 5.32 Å². The van der Waals surface area contributed by atoms with E-state index in [4.69, 9.17) is 4.98 Å². The lowest BCUT2D eigenvalue weighted by molar-refractivity contribution is 0.116. The van der Waals surface area contributed by atoms with E-state index in [0.29, 0.717) is 0 Å². The van der Waals surface area contributed by atoms with Gasteiger partial charge in [0.1, 0.15) is 5.52 Å². The summed E-state index contributed by atoms with van der Waals surface area (Å²) in [5.74, 6) is 0. The van der Waals surface area contributed by atoms with E-state index in [-0.39, 0.29) is 12.1 Å². The number of nitrogens with one attached hydrogen (secondary N) is 1. The van der Waals surface area contributed by atoms with Crippen molar-refractivity contribution < 1.29 is 5.11 Å². The Morgan fingerprint density at radius 2 is 2.03 bits per heavy atom. The molecule has 1 saturated carbocycles. The fraction of sp³-hybridized carbons (Fsp3) is 0.409. The number of thiazole rings is 1. The van der Waals surface area contributed by atoms with Gasteiger partial charge in [0.25, 0.3) is 0 Å². The van der Waals surface area contributed by atoms with Crippen LogP contribution in [-0.4, -0.2) is 36.8 Å². The van der Waals surface area contributed by atoms with Gasteiger partial charge in [0.15, 0.2) is 10.8 Å². The van der Waals surface area contributed by atoms with Gasteiger partial charge in [-0.05, 0) is 48.6 Å². The Morgan fingerprint density at radius 1 is 1.14 bits per heavy atom. The zero-order chi connectivity index (χ0) is 19.8.